The topological polar surface area (TPSA) is 84.9 Å². The van der Waals surface area contributed by atoms with Gasteiger partial charge in [-0.05, 0) is 42.2 Å². The van der Waals surface area contributed by atoms with E-state index < -0.39 is 15.9 Å². The lowest BCUT2D eigenvalue weighted by molar-refractivity contribution is -0.116. The molecule has 0 aliphatic carbocycles. The molecule has 0 aromatic heterocycles. The Kier molecular flexibility index (Phi) is 8.37. The Balaban J connectivity index is 1.94. The van der Waals surface area contributed by atoms with Crippen molar-refractivity contribution >= 4 is 33.4 Å². The molecule has 9 heteroatoms. The lowest BCUT2D eigenvalue weighted by atomic mass is 10.2. The molecule has 0 bridgehead atoms. The van der Waals surface area contributed by atoms with Gasteiger partial charge in [0.15, 0.2) is 0 Å². The van der Waals surface area contributed by atoms with E-state index in [0.717, 1.165) is 14.8 Å². The van der Waals surface area contributed by atoms with Gasteiger partial charge < -0.3 is 14.8 Å². The Labute approximate surface area is 198 Å². The first-order chi connectivity index (χ1) is 15.9. The molecule has 0 aliphatic rings. The molecule has 0 aliphatic heterocycles. The average molecular weight is 487 g/mol. The van der Waals surface area contributed by atoms with Crippen LogP contribution in [0.2, 0.25) is 0 Å². The summed E-state index contributed by atoms with van der Waals surface area (Å²) in [7, 11) is -1.26. The number of hydrogen-bond donors (Lipinski definition) is 1. The van der Waals surface area contributed by atoms with Crippen molar-refractivity contribution in [3.8, 4) is 11.5 Å². The first-order valence-electron chi connectivity index (χ1n) is 10.1. The highest BCUT2D eigenvalue weighted by Crippen LogP contribution is 2.31. The number of benzene rings is 3. The van der Waals surface area contributed by atoms with Crippen molar-refractivity contribution in [1.82, 2.24) is 4.31 Å². The zero-order valence-electron chi connectivity index (χ0n) is 18.6. The van der Waals surface area contributed by atoms with E-state index in [2.05, 4.69) is 5.32 Å². The van der Waals surface area contributed by atoms with E-state index in [1.54, 1.807) is 23.9 Å². The van der Waals surface area contributed by atoms with Crippen molar-refractivity contribution in [1.29, 1.82) is 0 Å². The molecule has 0 fully saturated rings. The molecule has 3 aromatic carbocycles. The second kappa shape index (κ2) is 11.2. The van der Waals surface area contributed by atoms with Crippen LogP contribution in [0.5, 0.6) is 11.5 Å². The number of nitrogens with zero attached hydrogens (tertiary/aromatic N) is 1. The summed E-state index contributed by atoms with van der Waals surface area (Å²) in [5.41, 5.74) is 1.35. The SMILES string of the molecule is COc1ccc(OC)c(S(=O)(=O)N(CC(=O)Nc2cccc(SC)c2)Cc2ccccc2)c1. The number of methoxy groups -OCH3 is 2. The minimum absolute atomic E-state index is 0.0157. The van der Waals surface area contributed by atoms with E-state index in [4.69, 9.17) is 9.47 Å². The lowest BCUT2D eigenvalue weighted by Gasteiger charge is -2.23. The predicted molar refractivity (Wildman–Crippen MR) is 130 cm³/mol. The van der Waals surface area contributed by atoms with Crippen molar-refractivity contribution in [2.75, 3.05) is 32.3 Å². The molecule has 174 valence electrons. The van der Waals surface area contributed by atoms with E-state index in [-0.39, 0.29) is 23.7 Å². The first kappa shape index (κ1) is 24.6. The molecule has 0 heterocycles. The summed E-state index contributed by atoms with van der Waals surface area (Å²) in [6, 6.07) is 21.0. The third-order valence-corrected chi connectivity index (χ3v) is 7.40. The fourth-order valence-electron chi connectivity index (χ4n) is 3.20. The molecule has 7 nitrogen and oxygen atoms in total. The summed E-state index contributed by atoms with van der Waals surface area (Å²) in [4.78, 5) is 13.8. The number of amides is 1. The minimum atomic E-state index is -4.11. The summed E-state index contributed by atoms with van der Waals surface area (Å²) in [6.45, 7) is -0.358. The molecule has 0 saturated carbocycles. The molecule has 0 atom stereocenters. The largest absolute Gasteiger partial charge is 0.497 e. The number of anilines is 1. The van der Waals surface area contributed by atoms with Crippen LogP contribution in [-0.4, -0.2) is 45.7 Å². The van der Waals surface area contributed by atoms with Gasteiger partial charge in [0, 0.05) is 23.2 Å². The first-order valence-corrected chi connectivity index (χ1v) is 12.7. The minimum Gasteiger partial charge on any atom is -0.497 e. The quantitative estimate of drug-likeness (QED) is 0.431. The Morgan fingerprint density at radius 1 is 0.970 bits per heavy atom. The Bertz CT molecular complexity index is 1200. The summed E-state index contributed by atoms with van der Waals surface area (Å²) in [5.74, 6) is 0.0870. The van der Waals surface area contributed by atoms with Gasteiger partial charge in [-0.1, -0.05) is 36.4 Å². The molecule has 3 rings (SSSR count). The smallest absolute Gasteiger partial charge is 0.247 e. The second-order valence-electron chi connectivity index (χ2n) is 7.06. The highest BCUT2D eigenvalue weighted by molar-refractivity contribution is 7.98. The van der Waals surface area contributed by atoms with Gasteiger partial charge in [0.1, 0.15) is 16.4 Å². The maximum absolute atomic E-state index is 13.7. The highest BCUT2D eigenvalue weighted by atomic mass is 32.2. The second-order valence-corrected chi connectivity index (χ2v) is 9.84. The van der Waals surface area contributed by atoms with E-state index >= 15 is 0 Å². The Hall–Kier alpha value is -3.01. The number of sulfonamides is 1. The van der Waals surface area contributed by atoms with Crippen LogP contribution in [0.3, 0.4) is 0 Å². The lowest BCUT2D eigenvalue weighted by Crippen LogP contribution is -2.37. The standard InChI is InChI=1S/C24H26N2O5S2/c1-30-20-12-13-22(31-2)23(15-20)33(28,29)26(16-18-8-5-4-6-9-18)17-24(27)25-19-10-7-11-21(14-19)32-3/h4-15H,16-17H2,1-3H3,(H,25,27). The number of hydrogen-bond acceptors (Lipinski definition) is 6. The molecular weight excluding hydrogens is 460 g/mol. The van der Waals surface area contributed by atoms with Gasteiger partial charge in [-0.15, -0.1) is 11.8 Å². The molecule has 0 saturated heterocycles. The van der Waals surface area contributed by atoms with Crippen molar-refractivity contribution in [3.05, 3.63) is 78.4 Å². The van der Waals surface area contributed by atoms with Crippen LogP contribution < -0.4 is 14.8 Å². The predicted octanol–water partition coefficient (Wildman–Crippen LogP) is 4.26. The number of nitrogens with one attached hydrogen (secondary N) is 1. The summed E-state index contributed by atoms with van der Waals surface area (Å²) in [6.07, 6.45) is 1.94. The monoisotopic (exact) mass is 486 g/mol. The molecule has 33 heavy (non-hydrogen) atoms. The fourth-order valence-corrected chi connectivity index (χ4v) is 5.21. The molecule has 3 aromatic rings. The molecule has 1 amide bonds. The molecule has 0 radical (unpaired) electrons. The van der Waals surface area contributed by atoms with Crippen molar-refractivity contribution in [2.45, 2.75) is 16.3 Å². The molecule has 0 spiro atoms. The summed E-state index contributed by atoms with van der Waals surface area (Å²) in [5, 5.41) is 2.79. The average Bonchev–Trinajstić information content (AvgIpc) is 2.83. The Morgan fingerprint density at radius 2 is 1.73 bits per heavy atom. The number of thioether (sulfide) groups is 1. The number of ether oxygens (including phenoxy) is 2. The van der Waals surface area contributed by atoms with E-state index in [9.17, 15) is 13.2 Å². The van der Waals surface area contributed by atoms with Gasteiger partial charge in [0.25, 0.3) is 0 Å². The molecule has 0 unspecified atom stereocenters. The van der Waals surface area contributed by atoms with Crippen molar-refractivity contribution in [3.63, 3.8) is 0 Å². The normalized spacial score (nSPS) is 11.3. The fraction of sp³-hybridized carbons (Fsp3) is 0.208. The van der Waals surface area contributed by atoms with Crippen molar-refractivity contribution < 1.29 is 22.7 Å². The summed E-state index contributed by atoms with van der Waals surface area (Å²) < 4.78 is 39.0. The molecular formula is C24H26N2O5S2. The van der Waals surface area contributed by atoms with E-state index in [1.807, 2.05) is 54.8 Å². The number of carbonyl (C=O) groups is 1. The maximum atomic E-state index is 13.7. The van der Waals surface area contributed by atoms with Gasteiger partial charge in [0.2, 0.25) is 15.9 Å². The van der Waals surface area contributed by atoms with E-state index in [1.165, 1.54) is 26.4 Å². The Morgan fingerprint density at radius 3 is 2.39 bits per heavy atom. The van der Waals surface area contributed by atoms with Gasteiger partial charge in [-0.25, -0.2) is 8.42 Å². The van der Waals surface area contributed by atoms with Gasteiger partial charge in [0.05, 0.1) is 20.8 Å². The zero-order chi connectivity index (χ0) is 23.8. The highest BCUT2D eigenvalue weighted by Gasteiger charge is 2.30. The van der Waals surface area contributed by atoms with Crippen molar-refractivity contribution in [2.24, 2.45) is 0 Å². The third kappa shape index (κ3) is 6.28. The van der Waals surface area contributed by atoms with Gasteiger partial charge in [-0.2, -0.15) is 4.31 Å². The number of carbonyl (C=O) groups excluding carboxylic acids is 1. The van der Waals surface area contributed by atoms with Crippen LogP contribution in [0.15, 0.2) is 82.6 Å². The molecule has 1 N–H and O–H groups in total. The van der Waals surface area contributed by atoms with Gasteiger partial charge in [-0.3, -0.25) is 4.79 Å². The van der Waals surface area contributed by atoms with Crippen LogP contribution in [0, 0.1) is 0 Å². The van der Waals surface area contributed by atoms with Crippen LogP contribution in [0.4, 0.5) is 5.69 Å². The van der Waals surface area contributed by atoms with Crippen LogP contribution >= 0.6 is 11.8 Å². The maximum Gasteiger partial charge on any atom is 0.247 e. The van der Waals surface area contributed by atoms with Crippen LogP contribution in [-0.2, 0) is 21.4 Å². The van der Waals surface area contributed by atoms with Gasteiger partial charge >= 0.3 is 0 Å². The van der Waals surface area contributed by atoms with E-state index in [0.29, 0.717) is 11.4 Å². The third-order valence-electron chi connectivity index (χ3n) is 4.86. The van der Waals surface area contributed by atoms with Crippen LogP contribution in [0.1, 0.15) is 5.56 Å². The zero-order valence-corrected chi connectivity index (χ0v) is 20.3. The van der Waals surface area contributed by atoms with Crippen LogP contribution in [0.25, 0.3) is 0 Å². The number of rotatable bonds is 10. The summed E-state index contributed by atoms with van der Waals surface area (Å²) >= 11 is 1.55.